The normalized spacial score (nSPS) is 17.1. The largest absolute Gasteiger partial charge is 0.378 e. The van der Waals surface area contributed by atoms with Gasteiger partial charge >= 0.3 is 0 Å². The molecule has 0 spiro atoms. The van der Waals surface area contributed by atoms with Crippen LogP contribution in [-0.4, -0.2) is 27.7 Å². The van der Waals surface area contributed by atoms with Crippen molar-refractivity contribution < 1.29 is 13.2 Å². The van der Waals surface area contributed by atoms with Gasteiger partial charge in [-0.15, -0.1) is 0 Å². The summed E-state index contributed by atoms with van der Waals surface area (Å²) in [5, 5.41) is 0.719. The molecule has 1 aromatic carbocycles. The maximum Gasteiger partial charge on any atom is 0.240 e. The molecule has 1 aromatic rings. The first kappa shape index (κ1) is 12.0. The van der Waals surface area contributed by atoms with Crippen LogP contribution in [0.15, 0.2) is 29.2 Å². The van der Waals surface area contributed by atoms with Crippen LogP contribution >= 0.6 is 15.9 Å². The van der Waals surface area contributed by atoms with Gasteiger partial charge in [-0.25, -0.2) is 13.1 Å². The SMILES string of the molecule is O=S(=O)(NC1COC1)c1ccc(CBr)cc1. The number of hydrogen-bond donors (Lipinski definition) is 1. The summed E-state index contributed by atoms with van der Waals surface area (Å²) < 4.78 is 31.2. The molecular formula is C10H12BrNO3S. The molecular weight excluding hydrogens is 294 g/mol. The van der Waals surface area contributed by atoms with Gasteiger partial charge < -0.3 is 4.74 Å². The van der Waals surface area contributed by atoms with E-state index in [1.54, 1.807) is 24.3 Å². The molecule has 0 radical (unpaired) electrons. The van der Waals surface area contributed by atoms with Gasteiger partial charge in [0, 0.05) is 5.33 Å². The van der Waals surface area contributed by atoms with Crippen molar-refractivity contribution in [3.05, 3.63) is 29.8 Å². The number of hydrogen-bond acceptors (Lipinski definition) is 3. The second-order valence-corrected chi connectivity index (χ2v) is 5.91. The predicted octanol–water partition coefficient (Wildman–Crippen LogP) is 1.26. The van der Waals surface area contributed by atoms with Gasteiger partial charge in [-0.3, -0.25) is 0 Å². The summed E-state index contributed by atoms with van der Waals surface area (Å²) in [6.45, 7) is 0.914. The molecule has 88 valence electrons. The zero-order valence-corrected chi connectivity index (χ0v) is 10.9. The zero-order valence-electron chi connectivity index (χ0n) is 8.52. The second kappa shape index (κ2) is 4.83. The highest BCUT2D eigenvalue weighted by Crippen LogP contribution is 2.14. The minimum atomic E-state index is -3.39. The lowest BCUT2D eigenvalue weighted by atomic mass is 10.2. The number of rotatable bonds is 4. The Morgan fingerprint density at radius 2 is 1.94 bits per heavy atom. The van der Waals surface area contributed by atoms with Crippen LogP contribution in [0, 0.1) is 0 Å². The van der Waals surface area contributed by atoms with Gasteiger partial charge in [0.2, 0.25) is 10.0 Å². The Morgan fingerprint density at radius 3 is 2.38 bits per heavy atom. The third-order valence-corrected chi connectivity index (χ3v) is 4.53. The van der Waals surface area contributed by atoms with Gasteiger partial charge in [0.15, 0.2) is 0 Å². The van der Waals surface area contributed by atoms with Gasteiger partial charge in [0.05, 0.1) is 24.2 Å². The number of ether oxygens (including phenoxy) is 1. The first-order chi connectivity index (χ1) is 7.62. The van der Waals surface area contributed by atoms with Gasteiger partial charge in [-0.1, -0.05) is 28.1 Å². The molecule has 6 heteroatoms. The molecule has 1 fully saturated rings. The molecule has 1 aliphatic rings. The van der Waals surface area contributed by atoms with E-state index in [-0.39, 0.29) is 6.04 Å². The maximum absolute atomic E-state index is 11.9. The zero-order chi connectivity index (χ0) is 11.6. The van der Waals surface area contributed by atoms with Crippen molar-refractivity contribution in [2.24, 2.45) is 0 Å². The van der Waals surface area contributed by atoms with Crippen LogP contribution in [0.5, 0.6) is 0 Å². The molecule has 1 N–H and O–H groups in total. The molecule has 16 heavy (non-hydrogen) atoms. The summed E-state index contributed by atoms with van der Waals surface area (Å²) in [6, 6.07) is 6.72. The smallest absolute Gasteiger partial charge is 0.240 e. The summed E-state index contributed by atoms with van der Waals surface area (Å²) in [6.07, 6.45) is 0. The van der Waals surface area contributed by atoms with Gasteiger partial charge in [-0.2, -0.15) is 0 Å². The lowest BCUT2D eigenvalue weighted by Gasteiger charge is -2.26. The first-order valence-electron chi connectivity index (χ1n) is 4.87. The monoisotopic (exact) mass is 305 g/mol. The number of sulfonamides is 1. The lowest BCUT2D eigenvalue weighted by molar-refractivity contribution is 0.00482. The Hall–Kier alpha value is -0.430. The van der Waals surface area contributed by atoms with E-state index in [9.17, 15) is 8.42 Å². The Labute approximate surface area is 103 Å². The van der Waals surface area contributed by atoms with Crippen LogP contribution in [0.1, 0.15) is 5.56 Å². The lowest BCUT2D eigenvalue weighted by Crippen LogP contribution is -2.48. The number of alkyl halides is 1. The fourth-order valence-electron chi connectivity index (χ4n) is 1.35. The molecule has 0 aromatic heterocycles. The van der Waals surface area contributed by atoms with Gasteiger partial charge in [0.1, 0.15) is 0 Å². The van der Waals surface area contributed by atoms with Crippen LogP contribution in [0.3, 0.4) is 0 Å². The molecule has 0 amide bonds. The Bertz CT molecular complexity index is 453. The first-order valence-corrected chi connectivity index (χ1v) is 7.47. The van der Waals surface area contributed by atoms with E-state index in [0.29, 0.717) is 18.1 Å². The van der Waals surface area contributed by atoms with Crippen molar-refractivity contribution in [1.29, 1.82) is 0 Å². The Balaban J connectivity index is 2.14. The van der Waals surface area contributed by atoms with Gasteiger partial charge in [-0.05, 0) is 17.7 Å². The van der Waals surface area contributed by atoms with Crippen LogP contribution in [0.2, 0.25) is 0 Å². The number of benzene rings is 1. The summed E-state index contributed by atoms with van der Waals surface area (Å²) >= 11 is 3.31. The Kier molecular flexibility index (Phi) is 3.63. The third kappa shape index (κ3) is 2.63. The number of nitrogens with one attached hydrogen (secondary N) is 1. The highest BCUT2D eigenvalue weighted by atomic mass is 79.9. The molecule has 0 saturated carbocycles. The maximum atomic E-state index is 11.9. The standard InChI is InChI=1S/C10H12BrNO3S/c11-5-8-1-3-10(4-2-8)16(13,14)12-9-6-15-7-9/h1-4,9,12H,5-7H2. The molecule has 1 saturated heterocycles. The average Bonchev–Trinajstić information content (AvgIpc) is 2.24. The van der Waals surface area contributed by atoms with Crippen LogP contribution in [0.4, 0.5) is 0 Å². The molecule has 2 rings (SSSR count). The summed E-state index contributed by atoms with van der Waals surface area (Å²) in [4.78, 5) is 0.295. The second-order valence-electron chi connectivity index (χ2n) is 3.63. The molecule has 0 aliphatic carbocycles. The molecule has 0 atom stereocenters. The fourth-order valence-corrected chi connectivity index (χ4v) is 2.93. The summed E-state index contributed by atoms with van der Waals surface area (Å²) in [5.41, 5.74) is 1.05. The molecule has 1 aliphatic heterocycles. The third-order valence-electron chi connectivity index (χ3n) is 2.35. The van der Waals surface area contributed by atoms with Gasteiger partial charge in [0.25, 0.3) is 0 Å². The van der Waals surface area contributed by atoms with Crippen molar-refractivity contribution in [3.63, 3.8) is 0 Å². The Morgan fingerprint density at radius 1 is 1.31 bits per heavy atom. The van der Waals surface area contributed by atoms with Crippen molar-refractivity contribution in [2.75, 3.05) is 13.2 Å². The highest BCUT2D eigenvalue weighted by Gasteiger charge is 2.25. The minimum Gasteiger partial charge on any atom is -0.378 e. The van der Waals surface area contributed by atoms with Crippen LogP contribution < -0.4 is 4.72 Å². The van der Waals surface area contributed by atoms with E-state index in [4.69, 9.17) is 4.74 Å². The molecule has 0 bridgehead atoms. The topological polar surface area (TPSA) is 55.4 Å². The van der Waals surface area contributed by atoms with E-state index in [2.05, 4.69) is 20.7 Å². The predicted molar refractivity (Wildman–Crippen MR) is 64.0 cm³/mol. The average molecular weight is 306 g/mol. The van der Waals surface area contributed by atoms with Crippen molar-refractivity contribution in [1.82, 2.24) is 4.72 Å². The summed E-state index contributed by atoms with van der Waals surface area (Å²) in [5.74, 6) is 0. The quantitative estimate of drug-likeness (QED) is 0.852. The molecule has 0 unspecified atom stereocenters. The van der Waals surface area contributed by atoms with E-state index in [0.717, 1.165) is 10.9 Å². The van der Waals surface area contributed by atoms with E-state index >= 15 is 0 Å². The minimum absolute atomic E-state index is 0.0825. The fraction of sp³-hybridized carbons (Fsp3) is 0.400. The van der Waals surface area contributed by atoms with Crippen molar-refractivity contribution >= 4 is 26.0 Å². The highest BCUT2D eigenvalue weighted by molar-refractivity contribution is 9.08. The van der Waals surface area contributed by atoms with Crippen LogP contribution in [0.25, 0.3) is 0 Å². The van der Waals surface area contributed by atoms with Crippen molar-refractivity contribution in [2.45, 2.75) is 16.3 Å². The molecule has 4 nitrogen and oxygen atoms in total. The number of halogens is 1. The van der Waals surface area contributed by atoms with Crippen molar-refractivity contribution in [3.8, 4) is 0 Å². The van der Waals surface area contributed by atoms with E-state index < -0.39 is 10.0 Å². The van der Waals surface area contributed by atoms with E-state index in [1.165, 1.54) is 0 Å². The molecule has 1 heterocycles. The van der Waals surface area contributed by atoms with E-state index in [1.807, 2.05) is 0 Å². The van der Waals surface area contributed by atoms with Crippen LogP contribution in [-0.2, 0) is 20.1 Å². The summed E-state index contributed by atoms with van der Waals surface area (Å²) in [7, 11) is -3.39.